The number of nitrogens with zero attached hydrogens (tertiary/aromatic N) is 2. The fourth-order valence-corrected chi connectivity index (χ4v) is 3.93. The highest BCUT2D eigenvalue weighted by molar-refractivity contribution is 6.33. The Labute approximate surface area is 217 Å². The van der Waals surface area contributed by atoms with Crippen molar-refractivity contribution in [1.29, 1.82) is 0 Å². The van der Waals surface area contributed by atoms with Crippen LogP contribution in [0.3, 0.4) is 0 Å². The number of carboxylic acid groups (broad SMARTS) is 1. The molecule has 192 valence electrons. The Balaban J connectivity index is 0.00000114. The van der Waals surface area contributed by atoms with Gasteiger partial charge in [-0.1, -0.05) is 36.2 Å². The van der Waals surface area contributed by atoms with Crippen LogP contribution in [0.1, 0.15) is 64.0 Å². The number of aliphatic hydroxyl groups excluding tert-OH is 1. The summed E-state index contributed by atoms with van der Waals surface area (Å²) in [6, 6.07) is 7.48. The first kappa shape index (κ1) is 30.4. The standard InChI is InChI=1S/C24H28Cl2N2O2.CH2O2.CH4O/c1-15(2)29-24-23(26)12-18(14-27-24)16(3)28-17(4)21-11-10-20(13-22(21)25)30-19-8-6-5-7-9-19;2-1-3;1-2/h10-15,19H,4-9H2,1-3H3;1H,(H,2,3);2H,1H3. The zero-order valence-electron chi connectivity index (χ0n) is 20.6. The molecule has 0 amide bonds. The summed E-state index contributed by atoms with van der Waals surface area (Å²) >= 11 is 12.8. The quantitative estimate of drug-likeness (QED) is 0.309. The third-order valence-corrected chi connectivity index (χ3v) is 5.57. The molecule has 9 heteroatoms. The molecule has 0 bridgehead atoms. The first-order chi connectivity index (χ1) is 16.7. The van der Waals surface area contributed by atoms with Crippen LogP contribution in [0, 0.1) is 0 Å². The van der Waals surface area contributed by atoms with Crippen LogP contribution in [0.5, 0.6) is 11.6 Å². The van der Waals surface area contributed by atoms with Gasteiger partial charge < -0.3 is 19.7 Å². The number of ether oxygens (including phenoxy) is 2. The van der Waals surface area contributed by atoms with Gasteiger partial charge in [0.05, 0.1) is 22.9 Å². The van der Waals surface area contributed by atoms with Gasteiger partial charge in [0, 0.05) is 30.1 Å². The summed E-state index contributed by atoms with van der Waals surface area (Å²) in [7, 11) is 1.00. The molecule has 0 saturated heterocycles. The van der Waals surface area contributed by atoms with Crippen LogP contribution in [0.4, 0.5) is 0 Å². The predicted octanol–water partition coefficient (Wildman–Crippen LogP) is 6.68. The lowest BCUT2D eigenvalue weighted by atomic mass is 9.98. The summed E-state index contributed by atoms with van der Waals surface area (Å²) < 4.78 is 11.7. The van der Waals surface area contributed by atoms with Gasteiger partial charge in [0.2, 0.25) is 5.88 Å². The third kappa shape index (κ3) is 10.3. The van der Waals surface area contributed by atoms with Crippen molar-refractivity contribution >= 4 is 41.1 Å². The van der Waals surface area contributed by atoms with Crippen molar-refractivity contribution in [3.63, 3.8) is 0 Å². The van der Waals surface area contributed by atoms with E-state index in [1.807, 2.05) is 39.0 Å². The van der Waals surface area contributed by atoms with E-state index in [9.17, 15) is 0 Å². The van der Waals surface area contributed by atoms with Gasteiger partial charge in [0.15, 0.2) is 0 Å². The molecular weight excluding hydrogens is 491 g/mol. The number of rotatable bonds is 7. The molecule has 1 aliphatic carbocycles. The molecule has 0 atom stereocenters. The van der Waals surface area contributed by atoms with E-state index in [1.54, 1.807) is 12.3 Å². The molecule has 1 saturated carbocycles. The molecule has 0 spiro atoms. The fraction of sp³-hybridized carbons (Fsp3) is 0.423. The molecule has 0 unspecified atom stereocenters. The summed E-state index contributed by atoms with van der Waals surface area (Å²) in [6.45, 7) is 9.58. The predicted molar refractivity (Wildman–Crippen MR) is 142 cm³/mol. The third-order valence-electron chi connectivity index (χ3n) is 4.98. The number of hydrogen-bond acceptors (Lipinski definition) is 6. The molecule has 1 fully saturated rings. The molecule has 1 aliphatic rings. The largest absolute Gasteiger partial charge is 0.490 e. The van der Waals surface area contributed by atoms with Gasteiger partial charge in [-0.05, 0) is 70.7 Å². The van der Waals surface area contributed by atoms with Crippen LogP contribution >= 0.6 is 23.2 Å². The van der Waals surface area contributed by atoms with E-state index in [0.29, 0.717) is 21.6 Å². The first-order valence-electron chi connectivity index (χ1n) is 11.3. The van der Waals surface area contributed by atoms with E-state index in [1.165, 1.54) is 19.3 Å². The van der Waals surface area contributed by atoms with Crippen molar-refractivity contribution in [3.05, 3.63) is 58.2 Å². The average molecular weight is 525 g/mol. The number of benzene rings is 1. The van der Waals surface area contributed by atoms with E-state index in [0.717, 1.165) is 42.5 Å². The lowest BCUT2D eigenvalue weighted by Crippen LogP contribution is -2.19. The highest BCUT2D eigenvalue weighted by Crippen LogP contribution is 2.31. The number of pyridine rings is 1. The zero-order chi connectivity index (χ0) is 26.4. The maximum Gasteiger partial charge on any atom is 0.290 e. The molecule has 3 rings (SSSR count). The zero-order valence-corrected chi connectivity index (χ0v) is 22.1. The van der Waals surface area contributed by atoms with Crippen LogP contribution in [0.15, 0.2) is 42.0 Å². The monoisotopic (exact) mass is 524 g/mol. The first-order valence-corrected chi connectivity index (χ1v) is 12.1. The average Bonchev–Trinajstić information content (AvgIpc) is 2.82. The lowest BCUT2D eigenvalue weighted by molar-refractivity contribution is -0.122. The van der Waals surface area contributed by atoms with Gasteiger partial charge in [0.25, 0.3) is 6.47 Å². The molecule has 1 heterocycles. The van der Waals surface area contributed by atoms with Gasteiger partial charge >= 0.3 is 0 Å². The van der Waals surface area contributed by atoms with Gasteiger partial charge in [0.1, 0.15) is 10.8 Å². The molecule has 7 nitrogen and oxygen atoms in total. The Bertz CT molecular complexity index is 990. The molecule has 1 aromatic carbocycles. The summed E-state index contributed by atoms with van der Waals surface area (Å²) in [5.74, 6) is 1.21. The summed E-state index contributed by atoms with van der Waals surface area (Å²) in [5, 5.41) is 14.9. The number of carbonyl (C=O) groups is 1. The molecule has 35 heavy (non-hydrogen) atoms. The van der Waals surface area contributed by atoms with Crippen LogP contribution in [0.25, 0.3) is 5.70 Å². The minimum absolute atomic E-state index is 0.00241. The van der Waals surface area contributed by atoms with E-state index in [4.69, 9.17) is 47.7 Å². The van der Waals surface area contributed by atoms with E-state index in [-0.39, 0.29) is 18.7 Å². The second-order valence-corrected chi connectivity index (χ2v) is 8.76. The molecule has 2 N–H and O–H groups in total. The molecule has 2 aromatic rings. The van der Waals surface area contributed by atoms with Crippen molar-refractivity contribution in [3.8, 4) is 11.6 Å². The second-order valence-electron chi connectivity index (χ2n) is 7.95. The Morgan fingerprint density at radius 1 is 1.17 bits per heavy atom. The van der Waals surface area contributed by atoms with Gasteiger partial charge in [-0.25, -0.2) is 4.98 Å². The Morgan fingerprint density at radius 2 is 1.80 bits per heavy atom. The van der Waals surface area contributed by atoms with Crippen molar-refractivity contribution in [1.82, 2.24) is 4.98 Å². The molecule has 0 radical (unpaired) electrons. The molecular formula is C26H34Cl2N2O5. The Hall–Kier alpha value is -2.61. The van der Waals surface area contributed by atoms with Gasteiger partial charge in [-0.3, -0.25) is 9.79 Å². The normalized spacial score (nSPS) is 13.7. The van der Waals surface area contributed by atoms with Crippen molar-refractivity contribution in [2.45, 2.75) is 65.1 Å². The summed E-state index contributed by atoms with van der Waals surface area (Å²) in [4.78, 5) is 17.3. The van der Waals surface area contributed by atoms with Crippen LogP contribution in [0.2, 0.25) is 10.0 Å². The van der Waals surface area contributed by atoms with E-state index in [2.05, 4.69) is 16.6 Å². The second kappa shape index (κ2) is 16.1. The SMILES string of the molecule is C=C(N=C(C)c1cnc(OC(C)C)c(Cl)c1)c1ccc(OC2CCCCC2)cc1Cl.CO.O=CO. The maximum atomic E-state index is 8.36. The summed E-state index contributed by atoms with van der Waals surface area (Å²) in [6.07, 6.45) is 7.94. The summed E-state index contributed by atoms with van der Waals surface area (Å²) in [5.41, 5.74) is 2.88. The van der Waals surface area contributed by atoms with Crippen LogP contribution < -0.4 is 9.47 Å². The van der Waals surface area contributed by atoms with E-state index < -0.39 is 0 Å². The van der Waals surface area contributed by atoms with Crippen LogP contribution in [-0.2, 0) is 4.79 Å². The molecule has 1 aromatic heterocycles. The van der Waals surface area contributed by atoms with E-state index >= 15 is 0 Å². The number of aromatic nitrogens is 1. The maximum absolute atomic E-state index is 8.36. The van der Waals surface area contributed by atoms with Gasteiger partial charge in [-0.2, -0.15) is 0 Å². The van der Waals surface area contributed by atoms with Crippen molar-refractivity contribution in [2.24, 2.45) is 4.99 Å². The highest BCUT2D eigenvalue weighted by atomic mass is 35.5. The Morgan fingerprint density at radius 3 is 2.34 bits per heavy atom. The fourth-order valence-electron chi connectivity index (χ4n) is 3.44. The van der Waals surface area contributed by atoms with Crippen molar-refractivity contribution in [2.75, 3.05) is 7.11 Å². The minimum atomic E-state index is -0.250. The number of aliphatic imine (C=N–C) groups is 1. The van der Waals surface area contributed by atoms with Gasteiger partial charge in [-0.15, -0.1) is 0 Å². The smallest absolute Gasteiger partial charge is 0.290 e. The number of aliphatic hydroxyl groups is 1. The topological polar surface area (TPSA) is 101 Å². The van der Waals surface area contributed by atoms with Crippen molar-refractivity contribution < 1.29 is 24.5 Å². The lowest BCUT2D eigenvalue weighted by Gasteiger charge is -2.23. The Kier molecular flexibility index (Phi) is 14.0. The minimum Gasteiger partial charge on any atom is -0.490 e. The number of halogens is 2. The molecule has 0 aliphatic heterocycles. The highest BCUT2D eigenvalue weighted by Gasteiger charge is 2.16. The van der Waals surface area contributed by atoms with Crippen LogP contribution in [-0.4, -0.2) is 46.7 Å². The number of hydrogen-bond donors (Lipinski definition) is 2.